The first-order valence-electron chi connectivity index (χ1n) is 9.75. The van der Waals surface area contributed by atoms with Crippen molar-refractivity contribution in [1.29, 1.82) is 0 Å². The summed E-state index contributed by atoms with van der Waals surface area (Å²) in [6.07, 6.45) is -12.1. The monoisotopic (exact) mass is 427 g/mol. The molecule has 2 saturated heterocycles. The van der Waals surface area contributed by atoms with Crippen molar-refractivity contribution in [2.45, 2.75) is 80.7 Å². The minimum Gasteiger partial charge on any atom is -0.394 e. The van der Waals surface area contributed by atoms with Gasteiger partial charge in [-0.1, -0.05) is 0 Å². The predicted molar refractivity (Wildman–Crippen MR) is 95.3 cm³/mol. The van der Waals surface area contributed by atoms with Crippen LogP contribution in [0.25, 0.3) is 0 Å². The Morgan fingerprint density at radius 3 is 1.93 bits per heavy atom. The highest BCUT2D eigenvalue weighted by molar-refractivity contribution is 4.94. The van der Waals surface area contributed by atoms with E-state index < -0.39 is 74.6 Å². The predicted octanol–water partition coefficient (Wildman–Crippen LogP) is -4.24. The van der Waals surface area contributed by atoms with Gasteiger partial charge in [0.15, 0.2) is 12.6 Å². The van der Waals surface area contributed by atoms with Gasteiger partial charge in [0.1, 0.15) is 48.8 Å². The Morgan fingerprint density at radius 1 is 0.690 bits per heavy atom. The molecule has 0 saturated carbocycles. The van der Waals surface area contributed by atoms with Gasteiger partial charge < -0.3 is 60.4 Å². The molecular formula is C17H33NO11. The van der Waals surface area contributed by atoms with Gasteiger partial charge in [0.2, 0.25) is 0 Å². The number of aliphatic hydroxyl groups excluding tert-OH is 7. The third kappa shape index (κ3) is 6.03. The van der Waals surface area contributed by atoms with Gasteiger partial charge in [-0.05, 0) is 25.8 Å². The van der Waals surface area contributed by atoms with Gasteiger partial charge in [-0.15, -0.1) is 0 Å². The van der Waals surface area contributed by atoms with E-state index in [4.69, 9.17) is 24.7 Å². The van der Waals surface area contributed by atoms with Crippen LogP contribution in [0.4, 0.5) is 0 Å². The van der Waals surface area contributed by atoms with Crippen molar-refractivity contribution in [3.63, 3.8) is 0 Å². The highest BCUT2D eigenvalue weighted by atomic mass is 16.7. The molecule has 172 valence electrons. The fraction of sp³-hybridized carbons (Fsp3) is 1.00. The molecule has 9 N–H and O–H groups in total. The molecule has 0 amide bonds. The lowest BCUT2D eigenvalue weighted by molar-refractivity contribution is -0.359. The van der Waals surface area contributed by atoms with Crippen LogP contribution in [0.15, 0.2) is 0 Å². The zero-order valence-corrected chi connectivity index (χ0v) is 16.1. The van der Waals surface area contributed by atoms with E-state index in [1.165, 1.54) is 0 Å². The molecular weight excluding hydrogens is 394 g/mol. The fourth-order valence-electron chi connectivity index (χ4n) is 3.32. The summed E-state index contributed by atoms with van der Waals surface area (Å²) < 4.78 is 21.6. The van der Waals surface area contributed by atoms with Crippen LogP contribution in [0.1, 0.15) is 19.3 Å². The molecule has 12 heteroatoms. The lowest BCUT2D eigenvalue weighted by Crippen LogP contribution is -2.64. The normalized spacial score (nSPS) is 43.4. The van der Waals surface area contributed by atoms with Gasteiger partial charge in [0, 0.05) is 6.61 Å². The Balaban J connectivity index is 1.98. The molecule has 0 aromatic rings. The van der Waals surface area contributed by atoms with E-state index in [1.807, 2.05) is 0 Å². The summed E-state index contributed by atoms with van der Waals surface area (Å²) in [5.74, 6) is 0. The number of ether oxygens (including phenoxy) is 4. The Kier molecular flexibility index (Phi) is 10.1. The molecule has 29 heavy (non-hydrogen) atoms. The zero-order valence-electron chi connectivity index (χ0n) is 16.1. The van der Waals surface area contributed by atoms with Crippen LogP contribution >= 0.6 is 0 Å². The van der Waals surface area contributed by atoms with Crippen molar-refractivity contribution in [3.8, 4) is 0 Å². The number of hydrogen-bond donors (Lipinski definition) is 8. The Morgan fingerprint density at radius 2 is 1.31 bits per heavy atom. The van der Waals surface area contributed by atoms with Gasteiger partial charge in [-0.3, -0.25) is 0 Å². The van der Waals surface area contributed by atoms with Crippen LogP contribution in [0.2, 0.25) is 0 Å². The molecule has 4 unspecified atom stereocenters. The first-order valence-corrected chi connectivity index (χ1v) is 9.75. The number of aliphatic hydroxyl groups is 7. The fourth-order valence-corrected chi connectivity index (χ4v) is 3.32. The van der Waals surface area contributed by atoms with Gasteiger partial charge in [0.25, 0.3) is 0 Å². The molecule has 0 aromatic heterocycles. The molecule has 2 heterocycles. The van der Waals surface area contributed by atoms with Gasteiger partial charge in [-0.2, -0.15) is 0 Å². The lowest BCUT2D eigenvalue weighted by atomic mass is 9.97. The number of rotatable bonds is 10. The molecule has 12 nitrogen and oxygen atoms in total. The van der Waals surface area contributed by atoms with Crippen LogP contribution < -0.4 is 5.73 Å². The zero-order chi connectivity index (χ0) is 21.6. The van der Waals surface area contributed by atoms with Crippen LogP contribution in [0.5, 0.6) is 0 Å². The Bertz CT molecular complexity index is 469. The minimum atomic E-state index is -1.70. The second kappa shape index (κ2) is 11.8. The summed E-state index contributed by atoms with van der Waals surface area (Å²) in [5.41, 5.74) is 5.41. The summed E-state index contributed by atoms with van der Waals surface area (Å²) in [5, 5.41) is 69.3. The van der Waals surface area contributed by atoms with E-state index in [0.717, 1.165) is 12.8 Å². The highest BCUT2D eigenvalue weighted by Crippen LogP contribution is 2.29. The highest BCUT2D eigenvalue weighted by Gasteiger charge is 2.50. The van der Waals surface area contributed by atoms with Crippen molar-refractivity contribution in [3.05, 3.63) is 0 Å². The van der Waals surface area contributed by atoms with E-state index in [1.54, 1.807) is 0 Å². The summed E-state index contributed by atoms with van der Waals surface area (Å²) >= 11 is 0. The van der Waals surface area contributed by atoms with Crippen molar-refractivity contribution in [2.75, 3.05) is 26.4 Å². The summed E-state index contributed by atoms with van der Waals surface area (Å²) in [6.45, 7) is -0.435. The smallest absolute Gasteiger partial charge is 0.187 e. The lowest BCUT2D eigenvalue weighted by Gasteiger charge is -2.45. The van der Waals surface area contributed by atoms with E-state index in [-0.39, 0.29) is 6.61 Å². The second-order valence-corrected chi connectivity index (χ2v) is 7.22. The maximum Gasteiger partial charge on any atom is 0.187 e. The molecule has 2 rings (SSSR count). The van der Waals surface area contributed by atoms with Crippen LogP contribution in [-0.4, -0.2) is 124 Å². The first kappa shape index (κ1) is 24.8. The molecule has 0 radical (unpaired) electrons. The molecule has 2 aliphatic rings. The van der Waals surface area contributed by atoms with Gasteiger partial charge >= 0.3 is 0 Å². The maximum absolute atomic E-state index is 10.4. The largest absolute Gasteiger partial charge is 0.394 e. The van der Waals surface area contributed by atoms with Gasteiger partial charge in [0.05, 0.1) is 13.2 Å². The van der Waals surface area contributed by atoms with Crippen molar-refractivity contribution < 1.29 is 54.7 Å². The van der Waals surface area contributed by atoms with Gasteiger partial charge in [-0.25, -0.2) is 0 Å². The standard InChI is InChI=1S/C17H33NO11/c18-4-2-1-3-5-26-16-14(25)12(23)15(9(7-20)28-16)29-17-13(24)11(22)10(21)8(6-19)27-17/h8-17,19-25H,1-7,18H2/t8?,9?,10-,11-,12+,13?,14?,15+,16+,17-/m0/s1. The van der Waals surface area contributed by atoms with Crippen LogP contribution in [0.3, 0.4) is 0 Å². The molecule has 0 spiro atoms. The summed E-state index contributed by atoms with van der Waals surface area (Å²) in [7, 11) is 0. The Labute approximate surface area is 168 Å². The molecule has 0 aliphatic carbocycles. The quantitative estimate of drug-likeness (QED) is 0.156. The summed E-state index contributed by atoms with van der Waals surface area (Å²) in [4.78, 5) is 0. The van der Waals surface area contributed by atoms with E-state index in [2.05, 4.69) is 0 Å². The third-order valence-corrected chi connectivity index (χ3v) is 5.09. The molecule has 2 aliphatic heterocycles. The number of hydrogen-bond acceptors (Lipinski definition) is 12. The third-order valence-electron chi connectivity index (χ3n) is 5.09. The van der Waals surface area contributed by atoms with Crippen molar-refractivity contribution in [2.24, 2.45) is 5.73 Å². The maximum atomic E-state index is 10.4. The Hall–Kier alpha value is -0.480. The van der Waals surface area contributed by atoms with Crippen molar-refractivity contribution in [1.82, 2.24) is 0 Å². The minimum absolute atomic E-state index is 0.255. The number of nitrogens with two attached hydrogens (primary N) is 1. The van der Waals surface area contributed by atoms with Crippen LogP contribution in [-0.2, 0) is 18.9 Å². The van der Waals surface area contributed by atoms with Crippen molar-refractivity contribution >= 4 is 0 Å². The topological polar surface area (TPSA) is 205 Å². The first-order chi connectivity index (χ1) is 13.8. The molecule has 2 fully saturated rings. The number of unbranched alkanes of at least 4 members (excludes halogenated alkanes) is 2. The molecule has 10 atom stereocenters. The molecule has 0 bridgehead atoms. The van der Waals surface area contributed by atoms with E-state index in [9.17, 15) is 35.7 Å². The SMILES string of the molecule is NCCCCCO[C@@H]1OC(CO)[C@@H](O[C@@H]2OC(CO)[C@H](O)[C@H](O)C2O)[C@H](O)C1O. The van der Waals surface area contributed by atoms with E-state index >= 15 is 0 Å². The van der Waals surface area contributed by atoms with E-state index in [0.29, 0.717) is 13.0 Å². The molecule has 0 aromatic carbocycles. The van der Waals surface area contributed by atoms with Crippen LogP contribution in [0, 0.1) is 0 Å². The average Bonchev–Trinajstić information content (AvgIpc) is 2.72. The average molecular weight is 427 g/mol. The summed E-state index contributed by atoms with van der Waals surface area (Å²) in [6, 6.07) is 0. The second-order valence-electron chi connectivity index (χ2n) is 7.22.